The Balaban J connectivity index is 1.70. The summed E-state index contributed by atoms with van der Waals surface area (Å²) >= 11 is 6.17. The monoisotopic (exact) mass is 308 g/mol. The van der Waals surface area contributed by atoms with Gasteiger partial charge in [-0.25, -0.2) is 9.97 Å². The molecule has 2 saturated heterocycles. The van der Waals surface area contributed by atoms with E-state index in [1.54, 1.807) is 0 Å². The molecular weight excluding hydrogens is 284 g/mol. The van der Waals surface area contributed by atoms with Gasteiger partial charge in [0.05, 0.1) is 0 Å². The van der Waals surface area contributed by atoms with Crippen LogP contribution in [0.3, 0.4) is 0 Å². The number of hydrogen-bond donors (Lipinski definition) is 0. The topological polar surface area (TPSA) is 32.3 Å². The second-order valence-electron chi connectivity index (χ2n) is 6.55. The van der Waals surface area contributed by atoms with Gasteiger partial charge < -0.3 is 4.90 Å². The summed E-state index contributed by atoms with van der Waals surface area (Å²) in [6.07, 6.45) is 5.34. The Kier molecular flexibility index (Phi) is 4.65. The molecule has 0 spiro atoms. The number of anilines is 1. The van der Waals surface area contributed by atoms with Crippen molar-refractivity contribution in [3.05, 3.63) is 17.0 Å². The Morgan fingerprint density at radius 2 is 1.90 bits per heavy atom. The summed E-state index contributed by atoms with van der Waals surface area (Å²) in [4.78, 5) is 14.1. The molecule has 21 heavy (non-hydrogen) atoms. The van der Waals surface area contributed by atoms with Crippen LogP contribution >= 0.6 is 11.6 Å². The zero-order valence-electron chi connectivity index (χ0n) is 13.1. The van der Waals surface area contributed by atoms with Crippen molar-refractivity contribution in [1.29, 1.82) is 0 Å². The van der Waals surface area contributed by atoms with Gasteiger partial charge in [-0.3, -0.25) is 4.90 Å². The van der Waals surface area contributed by atoms with Crippen molar-refractivity contribution in [2.24, 2.45) is 0 Å². The van der Waals surface area contributed by atoms with Crippen molar-refractivity contribution in [3.63, 3.8) is 0 Å². The number of nitrogens with zero attached hydrogens (tertiary/aromatic N) is 4. The molecule has 0 amide bonds. The number of halogens is 1. The summed E-state index contributed by atoms with van der Waals surface area (Å²) in [6.45, 7) is 8.89. The van der Waals surface area contributed by atoms with Gasteiger partial charge in [-0.05, 0) is 32.4 Å². The third-order valence-electron chi connectivity index (χ3n) is 4.61. The standard InChI is InChI=1S/C16H25ClN4/c1-12(2)16-18-14(17)10-15(19-16)21-9-6-13(11-21)20-7-4-3-5-8-20/h10,12-13H,3-9,11H2,1-2H3. The Morgan fingerprint density at radius 3 is 2.62 bits per heavy atom. The highest BCUT2D eigenvalue weighted by Gasteiger charge is 2.29. The third-order valence-corrected chi connectivity index (χ3v) is 4.80. The van der Waals surface area contributed by atoms with Crippen LogP contribution < -0.4 is 4.90 Å². The molecule has 5 heteroatoms. The molecule has 4 nitrogen and oxygen atoms in total. The van der Waals surface area contributed by atoms with E-state index in [0.717, 1.165) is 24.7 Å². The summed E-state index contributed by atoms with van der Waals surface area (Å²) in [5, 5.41) is 0.560. The molecule has 116 valence electrons. The minimum Gasteiger partial charge on any atom is -0.355 e. The van der Waals surface area contributed by atoms with E-state index < -0.39 is 0 Å². The van der Waals surface area contributed by atoms with Crippen molar-refractivity contribution in [3.8, 4) is 0 Å². The number of rotatable bonds is 3. The average molecular weight is 309 g/mol. The van der Waals surface area contributed by atoms with Gasteiger partial charge in [-0.15, -0.1) is 0 Å². The zero-order chi connectivity index (χ0) is 14.8. The van der Waals surface area contributed by atoms with Crippen LogP contribution in [0.1, 0.15) is 51.3 Å². The van der Waals surface area contributed by atoms with Crippen LogP contribution in [0.5, 0.6) is 0 Å². The number of hydrogen-bond acceptors (Lipinski definition) is 4. The van der Waals surface area contributed by atoms with E-state index in [2.05, 4.69) is 28.6 Å². The average Bonchev–Trinajstić information content (AvgIpc) is 2.97. The summed E-state index contributed by atoms with van der Waals surface area (Å²) in [7, 11) is 0. The molecule has 0 saturated carbocycles. The Hall–Kier alpha value is -0.870. The van der Waals surface area contributed by atoms with E-state index in [0.29, 0.717) is 17.1 Å². The summed E-state index contributed by atoms with van der Waals surface area (Å²) < 4.78 is 0. The highest BCUT2D eigenvalue weighted by molar-refractivity contribution is 6.29. The molecule has 2 aliphatic heterocycles. The lowest BCUT2D eigenvalue weighted by Crippen LogP contribution is -2.41. The van der Waals surface area contributed by atoms with E-state index in [4.69, 9.17) is 16.6 Å². The van der Waals surface area contributed by atoms with Crippen molar-refractivity contribution in [2.75, 3.05) is 31.1 Å². The fourth-order valence-electron chi connectivity index (χ4n) is 3.37. The second-order valence-corrected chi connectivity index (χ2v) is 6.93. The first-order chi connectivity index (χ1) is 10.1. The quantitative estimate of drug-likeness (QED) is 0.802. The molecule has 2 fully saturated rings. The maximum absolute atomic E-state index is 6.17. The van der Waals surface area contributed by atoms with Crippen LogP contribution in [0.25, 0.3) is 0 Å². The molecule has 0 aliphatic carbocycles. The molecule has 1 unspecified atom stereocenters. The van der Waals surface area contributed by atoms with E-state index in [1.165, 1.54) is 38.8 Å². The van der Waals surface area contributed by atoms with Crippen molar-refractivity contribution < 1.29 is 0 Å². The van der Waals surface area contributed by atoms with Crippen LogP contribution in [0.2, 0.25) is 5.15 Å². The van der Waals surface area contributed by atoms with Gasteiger partial charge in [0.25, 0.3) is 0 Å². The molecular formula is C16H25ClN4. The Labute approximate surface area is 132 Å². The molecule has 0 radical (unpaired) electrons. The van der Waals surface area contributed by atoms with Crippen LogP contribution in [-0.2, 0) is 0 Å². The first-order valence-corrected chi connectivity index (χ1v) is 8.55. The third kappa shape index (κ3) is 3.49. The van der Waals surface area contributed by atoms with Crippen LogP contribution in [0, 0.1) is 0 Å². The van der Waals surface area contributed by atoms with E-state index >= 15 is 0 Å². The fraction of sp³-hybridized carbons (Fsp3) is 0.750. The van der Waals surface area contributed by atoms with E-state index in [9.17, 15) is 0 Å². The van der Waals surface area contributed by atoms with Gasteiger partial charge in [0.1, 0.15) is 16.8 Å². The molecule has 1 aromatic heterocycles. The normalized spacial score (nSPS) is 24.0. The molecule has 3 rings (SSSR count). The highest BCUT2D eigenvalue weighted by atomic mass is 35.5. The van der Waals surface area contributed by atoms with Crippen molar-refractivity contribution >= 4 is 17.4 Å². The van der Waals surface area contributed by atoms with Crippen LogP contribution in [-0.4, -0.2) is 47.1 Å². The molecule has 0 bridgehead atoms. The SMILES string of the molecule is CC(C)c1nc(Cl)cc(N2CCC(N3CCCCC3)C2)n1. The minimum atomic E-state index is 0.308. The van der Waals surface area contributed by atoms with Gasteiger partial charge in [0.2, 0.25) is 0 Å². The Morgan fingerprint density at radius 1 is 1.14 bits per heavy atom. The fourth-order valence-corrected chi connectivity index (χ4v) is 3.56. The van der Waals surface area contributed by atoms with E-state index in [1.807, 2.05) is 6.07 Å². The highest BCUT2D eigenvalue weighted by Crippen LogP contribution is 2.26. The van der Waals surface area contributed by atoms with Gasteiger partial charge in [-0.1, -0.05) is 31.9 Å². The number of likely N-dealkylation sites (tertiary alicyclic amines) is 1. The minimum absolute atomic E-state index is 0.308. The predicted molar refractivity (Wildman–Crippen MR) is 87.2 cm³/mol. The summed E-state index contributed by atoms with van der Waals surface area (Å²) in [5.41, 5.74) is 0. The molecule has 1 aromatic rings. The maximum atomic E-state index is 6.17. The molecule has 1 atom stereocenters. The van der Waals surface area contributed by atoms with Crippen LogP contribution in [0.4, 0.5) is 5.82 Å². The second kappa shape index (κ2) is 6.49. The van der Waals surface area contributed by atoms with Crippen LogP contribution in [0.15, 0.2) is 6.07 Å². The first kappa shape index (κ1) is 15.0. The smallest absolute Gasteiger partial charge is 0.135 e. The number of aromatic nitrogens is 2. The van der Waals surface area contributed by atoms with Gasteiger partial charge >= 0.3 is 0 Å². The molecule has 3 heterocycles. The van der Waals surface area contributed by atoms with E-state index in [-0.39, 0.29) is 0 Å². The lowest BCUT2D eigenvalue weighted by Gasteiger charge is -2.32. The molecule has 2 aliphatic rings. The summed E-state index contributed by atoms with van der Waals surface area (Å²) in [6, 6.07) is 2.59. The summed E-state index contributed by atoms with van der Waals surface area (Å²) in [5.74, 6) is 2.15. The van der Waals surface area contributed by atoms with Crippen molar-refractivity contribution in [1.82, 2.24) is 14.9 Å². The maximum Gasteiger partial charge on any atom is 0.135 e. The zero-order valence-corrected chi connectivity index (χ0v) is 13.8. The first-order valence-electron chi connectivity index (χ1n) is 8.17. The lowest BCUT2D eigenvalue weighted by atomic mass is 10.1. The Bertz CT molecular complexity index is 485. The lowest BCUT2D eigenvalue weighted by molar-refractivity contribution is 0.175. The predicted octanol–water partition coefficient (Wildman–Crippen LogP) is 3.32. The van der Waals surface area contributed by atoms with Gasteiger partial charge in [-0.2, -0.15) is 0 Å². The van der Waals surface area contributed by atoms with Gasteiger partial charge in [0, 0.05) is 31.1 Å². The van der Waals surface area contributed by atoms with Gasteiger partial charge in [0.15, 0.2) is 0 Å². The molecule has 0 N–H and O–H groups in total. The largest absolute Gasteiger partial charge is 0.355 e. The molecule has 0 aromatic carbocycles. The number of piperidine rings is 1. The van der Waals surface area contributed by atoms with Crippen molar-refractivity contribution in [2.45, 2.75) is 51.5 Å².